The number of amides is 2. The molecule has 0 heterocycles. The number of aryl methyl sites for hydroxylation is 1. The van der Waals surface area contributed by atoms with Crippen molar-refractivity contribution in [1.82, 2.24) is 10.6 Å². The summed E-state index contributed by atoms with van der Waals surface area (Å²) < 4.78 is 23.1. The molecule has 1 unspecified atom stereocenters. The first-order valence-electron chi connectivity index (χ1n) is 15.5. The van der Waals surface area contributed by atoms with E-state index in [2.05, 4.69) is 42.5 Å². The second-order valence-corrected chi connectivity index (χ2v) is 13.3. The lowest BCUT2D eigenvalue weighted by Crippen LogP contribution is -2.48. The second kappa shape index (κ2) is 26.2. The summed E-state index contributed by atoms with van der Waals surface area (Å²) in [7, 11) is -3.39. The van der Waals surface area contributed by atoms with Crippen LogP contribution in [0.25, 0.3) is 0 Å². The van der Waals surface area contributed by atoms with Crippen LogP contribution >= 0.6 is 0 Å². The third-order valence-corrected chi connectivity index (χ3v) is 8.15. The molecule has 0 aromatic heterocycles. The normalized spacial score (nSPS) is 14.3. The highest BCUT2D eigenvalue weighted by Gasteiger charge is 2.21. The third-order valence-electron chi connectivity index (χ3n) is 6.47. The molecule has 5 N–H and O–H groups in total. The Morgan fingerprint density at radius 2 is 1.67 bits per heavy atom. The summed E-state index contributed by atoms with van der Waals surface area (Å²) in [4.78, 5) is 24.0. The first kappa shape index (κ1) is 41.7. The predicted octanol–water partition coefficient (Wildman–Crippen LogP) is 4.78. The maximum Gasteiger partial charge on any atom is 0.243 e. The van der Waals surface area contributed by atoms with Crippen molar-refractivity contribution in [2.45, 2.75) is 111 Å². The van der Waals surface area contributed by atoms with Crippen LogP contribution < -0.4 is 16.4 Å². The van der Waals surface area contributed by atoms with Gasteiger partial charge in [-0.3, -0.25) is 9.59 Å². The second-order valence-electron chi connectivity index (χ2n) is 11.0. The molecule has 0 bridgehead atoms. The number of rotatable bonds is 13. The van der Waals surface area contributed by atoms with Crippen LogP contribution in [0.3, 0.4) is 0 Å². The number of carbonyl (C=O) groups is 2. The average molecular weight is 610 g/mol. The van der Waals surface area contributed by atoms with Gasteiger partial charge in [0.15, 0.2) is 9.84 Å². The van der Waals surface area contributed by atoms with Gasteiger partial charge in [-0.05, 0) is 31.6 Å². The van der Waals surface area contributed by atoms with Crippen molar-refractivity contribution < 1.29 is 23.1 Å². The van der Waals surface area contributed by atoms with E-state index in [1.165, 1.54) is 37.7 Å². The SMILES string of the molecule is C#CC[C@H](NC(=O)CCS(=O)(=O)CCN)C(=O)NCC(O)CCC(C)C.CC.CC1CCCCC1.Cc1ccccc1. The van der Waals surface area contributed by atoms with E-state index >= 15 is 0 Å². The summed E-state index contributed by atoms with van der Waals surface area (Å²) in [5, 5.41) is 14.8. The number of hydrogen-bond donors (Lipinski definition) is 4. The van der Waals surface area contributed by atoms with Gasteiger partial charge in [0, 0.05) is 25.9 Å². The van der Waals surface area contributed by atoms with Crippen LogP contribution in [0.5, 0.6) is 0 Å². The zero-order chi connectivity index (χ0) is 32.4. The highest BCUT2D eigenvalue weighted by Crippen LogP contribution is 2.22. The minimum atomic E-state index is -3.39. The zero-order valence-electron chi connectivity index (χ0n) is 27.0. The van der Waals surface area contributed by atoms with Crippen molar-refractivity contribution in [1.29, 1.82) is 0 Å². The van der Waals surface area contributed by atoms with Crippen LogP contribution in [-0.4, -0.2) is 62.1 Å². The smallest absolute Gasteiger partial charge is 0.243 e. The van der Waals surface area contributed by atoms with Gasteiger partial charge in [0.05, 0.1) is 17.6 Å². The fourth-order valence-electron chi connectivity index (χ4n) is 3.93. The molecule has 8 nitrogen and oxygen atoms in total. The van der Waals surface area contributed by atoms with E-state index in [-0.39, 0.29) is 37.4 Å². The van der Waals surface area contributed by atoms with E-state index in [9.17, 15) is 23.1 Å². The van der Waals surface area contributed by atoms with Crippen LogP contribution in [0, 0.1) is 31.1 Å². The van der Waals surface area contributed by atoms with Crippen molar-refractivity contribution in [3.05, 3.63) is 35.9 Å². The third kappa shape index (κ3) is 25.3. The van der Waals surface area contributed by atoms with Crippen LogP contribution in [0.15, 0.2) is 30.3 Å². The van der Waals surface area contributed by atoms with Gasteiger partial charge in [-0.2, -0.15) is 0 Å². The number of aliphatic hydroxyl groups is 1. The summed E-state index contributed by atoms with van der Waals surface area (Å²) in [5.41, 5.74) is 6.52. The van der Waals surface area contributed by atoms with E-state index in [0.29, 0.717) is 12.3 Å². The largest absolute Gasteiger partial charge is 0.391 e. The molecule has 0 radical (unpaired) electrons. The molecule has 1 aromatic carbocycles. The minimum absolute atomic E-state index is 0.00872. The first-order valence-corrected chi connectivity index (χ1v) is 17.3. The first-order chi connectivity index (χ1) is 19.9. The topological polar surface area (TPSA) is 139 Å². The van der Waals surface area contributed by atoms with E-state index in [0.717, 1.165) is 12.3 Å². The number of nitrogens with one attached hydrogen (secondary N) is 2. The van der Waals surface area contributed by atoms with Gasteiger partial charge in [-0.25, -0.2) is 8.42 Å². The van der Waals surface area contributed by atoms with Gasteiger partial charge in [0.1, 0.15) is 6.04 Å². The van der Waals surface area contributed by atoms with Crippen molar-refractivity contribution >= 4 is 21.7 Å². The Balaban J connectivity index is 0. The van der Waals surface area contributed by atoms with Crippen LogP contribution in [-0.2, 0) is 19.4 Å². The van der Waals surface area contributed by atoms with Gasteiger partial charge >= 0.3 is 0 Å². The molecule has 1 aliphatic carbocycles. The standard InChI is InChI=1S/C17H31N3O5S.C7H14.C7H8.C2H6/c1-4-5-15(17(23)19-12-14(21)7-6-13(2)3)20-16(22)8-10-26(24,25)11-9-18;2*1-7-5-3-2-4-6-7;1-2/h1,13-15,21H,5-12,18H2,2-3H3,(H,19,23)(H,20,22);7H,2-6H2,1H3;2-6H,1H3;1-2H3/t14?,15-;;;/m0.../s1. The Kier molecular flexibility index (Phi) is 26.1. The predicted molar refractivity (Wildman–Crippen MR) is 176 cm³/mol. The highest BCUT2D eigenvalue weighted by atomic mass is 32.2. The summed E-state index contributed by atoms with van der Waals surface area (Å²) in [5.74, 6) is 2.16. The number of carbonyl (C=O) groups excluding carboxylic acids is 2. The summed E-state index contributed by atoms with van der Waals surface area (Å²) >= 11 is 0. The minimum Gasteiger partial charge on any atom is -0.391 e. The van der Waals surface area contributed by atoms with Crippen LogP contribution in [0.2, 0.25) is 0 Å². The number of hydrogen-bond acceptors (Lipinski definition) is 6. The number of aliphatic hydroxyl groups excluding tert-OH is 1. The van der Waals surface area contributed by atoms with Gasteiger partial charge in [-0.15, -0.1) is 12.3 Å². The molecule has 242 valence electrons. The quantitative estimate of drug-likeness (QED) is 0.238. The summed E-state index contributed by atoms with van der Waals surface area (Å²) in [6.07, 6.45) is 13.1. The molecule has 1 aliphatic rings. The number of nitrogens with two attached hydrogens (primary N) is 1. The molecule has 1 fully saturated rings. The molecular weight excluding hydrogens is 550 g/mol. The Morgan fingerprint density at radius 3 is 2.10 bits per heavy atom. The zero-order valence-corrected chi connectivity index (χ0v) is 27.8. The summed E-state index contributed by atoms with van der Waals surface area (Å²) in [6.45, 7) is 12.6. The molecule has 9 heteroatoms. The molecule has 1 aromatic rings. The average Bonchev–Trinajstić information content (AvgIpc) is 2.96. The lowest BCUT2D eigenvalue weighted by atomic mass is 9.91. The maximum absolute atomic E-state index is 12.1. The maximum atomic E-state index is 12.1. The van der Waals surface area contributed by atoms with Crippen molar-refractivity contribution in [2.24, 2.45) is 17.6 Å². The van der Waals surface area contributed by atoms with Gasteiger partial charge in [0.25, 0.3) is 0 Å². The molecular formula is C33H59N3O5S. The Bertz CT molecular complexity index is 956. The Morgan fingerprint density at radius 1 is 1.07 bits per heavy atom. The van der Waals surface area contributed by atoms with Crippen molar-refractivity contribution in [2.75, 3.05) is 24.6 Å². The van der Waals surface area contributed by atoms with E-state index in [1.54, 1.807) is 0 Å². The monoisotopic (exact) mass is 609 g/mol. The lowest BCUT2D eigenvalue weighted by molar-refractivity contribution is -0.129. The van der Waals surface area contributed by atoms with Crippen molar-refractivity contribution in [3.63, 3.8) is 0 Å². The molecule has 2 atom stereocenters. The summed E-state index contributed by atoms with van der Waals surface area (Å²) in [6, 6.07) is 9.29. The molecule has 0 saturated heterocycles. The molecule has 0 spiro atoms. The van der Waals surface area contributed by atoms with Gasteiger partial charge < -0.3 is 21.5 Å². The van der Waals surface area contributed by atoms with E-state index in [1.807, 2.05) is 45.9 Å². The fraction of sp³-hybridized carbons (Fsp3) is 0.697. The van der Waals surface area contributed by atoms with E-state index in [4.69, 9.17) is 12.2 Å². The fourth-order valence-corrected chi connectivity index (χ4v) is 4.99. The Hall–Kier alpha value is -2.41. The van der Waals surface area contributed by atoms with Crippen LogP contribution in [0.4, 0.5) is 0 Å². The molecule has 1 saturated carbocycles. The number of benzene rings is 1. The van der Waals surface area contributed by atoms with Crippen LogP contribution in [0.1, 0.15) is 98.0 Å². The lowest BCUT2D eigenvalue weighted by Gasteiger charge is -2.18. The van der Waals surface area contributed by atoms with Crippen molar-refractivity contribution in [3.8, 4) is 12.3 Å². The molecule has 2 amide bonds. The Labute approximate surface area is 256 Å². The number of terminal acetylenes is 1. The molecule has 2 rings (SSSR count). The molecule has 42 heavy (non-hydrogen) atoms. The van der Waals surface area contributed by atoms with Gasteiger partial charge in [0.2, 0.25) is 11.8 Å². The van der Waals surface area contributed by atoms with Gasteiger partial charge in [-0.1, -0.05) is 103 Å². The molecule has 0 aliphatic heterocycles. The van der Waals surface area contributed by atoms with E-state index < -0.39 is 33.8 Å². The highest BCUT2D eigenvalue weighted by molar-refractivity contribution is 7.91. The number of sulfone groups is 1.